The average molecular weight is 415 g/mol. The van der Waals surface area contributed by atoms with Crippen LogP contribution in [-0.4, -0.2) is 25.5 Å². The number of nitrogens with zero attached hydrogens (tertiary/aromatic N) is 1. The van der Waals surface area contributed by atoms with E-state index >= 15 is 0 Å². The fourth-order valence-corrected chi connectivity index (χ4v) is 5.04. The number of thiazole rings is 1. The van der Waals surface area contributed by atoms with Crippen LogP contribution < -0.4 is 10.0 Å². The lowest BCUT2D eigenvalue weighted by atomic mass is 10.1. The zero-order valence-corrected chi connectivity index (χ0v) is 18.0. The maximum atomic E-state index is 12.7. The van der Waals surface area contributed by atoms with Crippen LogP contribution in [0.25, 0.3) is 21.8 Å². The number of aromatic nitrogens is 1. The molecular formula is C21H24N3O2S2. The van der Waals surface area contributed by atoms with Gasteiger partial charge in [0.05, 0.1) is 10.6 Å². The van der Waals surface area contributed by atoms with E-state index in [2.05, 4.69) is 16.1 Å². The molecule has 0 saturated heterocycles. The molecule has 2 aromatic carbocycles. The third-order valence-corrected chi connectivity index (χ3v) is 6.50. The molecule has 0 bridgehead atoms. The summed E-state index contributed by atoms with van der Waals surface area (Å²) in [6.07, 6.45) is 0. The number of benzene rings is 2. The van der Waals surface area contributed by atoms with Gasteiger partial charge in [0.15, 0.2) is 0 Å². The highest BCUT2D eigenvalue weighted by molar-refractivity contribution is 7.89. The number of hydrogen-bond acceptors (Lipinski definition) is 5. The summed E-state index contributed by atoms with van der Waals surface area (Å²) in [4.78, 5) is 4.98. The summed E-state index contributed by atoms with van der Waals surface area (Å²) < 4.78 is 28.1. The molecule has 0 amide bonds. The van der Waals surface area contributed by atoms with E-state index in [0.29, 0.717) is 6.54 Å². The molecule has 5 nitrogen and oxygen atoms in total. The Kier molecular flexibility index (Phi) is 5.88. The van der Waals surface area contributed by atoms with Gasteiger partial charge >= 0.3 is 0 Å². The average Bonchev–Trinajstić information content (AvgIpc) is 3.10. The molecule has 0 aliphatic carbocycles. The molecule has 0 atom stereocenters. The van der Waals surface area contributed by atoms with Crippen LogP contribution in [0.3, 0.4) is 0 Å². The summed E-state index contributed by atoms with van der Waals surface area (Å²) in [5.41, 5.74) is 2.93. The summed E-state index contributed by atoms with van der Waals surface area (Å²) in [6, 6.07) is 15.8. The molecule has 28 heavy (non-hydrogen) atoms. The van der Waals surface area contributed by atoms with E-state index in [1.165, 1.54) is 0 Å². The van der Waals surface area contributed by atoms with Crippen molar-refractivity contribution in [3.05, 3.63) is 53.9 Å². The van der Waals surface area contributed by atoms with Gasteiger partial charge in [-0.15, -0.1) is 11.3 Å². The Hall–Kier alpha value is -2.22. The lowest BCUT2D eigenvalue weighted by Gasteiger charge is -2.21. The summed E-state index contributed by atoms with van der Waals surface area (Å²) in [6.45, 7) is 8.12. The highest BCUT2D eigenvalue weighted by Crippen LogP contribution is 2.34. The summed E-state index contributed by atoms with van der Waals surface area (Å²) in [5.74, 6) is 0. The molecule has 0 spiro atoms. The number of hydrogen-bond donors (Lipinski definition) is 2. The zero-order chi connectivity index (χ0) is 20.4. The van der Waals surface area contributed by atoms with E-state index in [1.54, 1.807) is 23.5 Å². The second kappa shape index (κ2) is 8.03. The molecule has 7 heteroatoms. The molecule has 3 rings (SSSR count). The minimum atomic E-state index is -3.61. The second-order valence-corrected chi connectivity index (χ2v) is 9.96. The largest absolute Gasteiger partial charge is 0.385 e. The highest BCUT2D eigenvalue weighted by Gasteiger charge is 2.23. The van der Waals surface area contributed by atoms with Crippen LogP contribution in [0.2, 0.25) is 0 Å². The molecule has 0 unspecified atom stereocenters. The highest BCUT2D eigenvalue weighted by atomic mass is 32.2. The van der Waals surface area contributed by atoms with Gasteiger partial charge in [-0.1, -0.05) is 24.3 Å². The van der Waals surface area contributed by atoms with Gasteiger partial charge in [-0.25, -0.2) is 18.1 Å². The molecule has 1 aromatic heterocycles. The maximum absolute atomic E-state index is 12.7. The van der Waals surface area contributed by atoms with Crippen LogP contribution in [-0.2, 0) is 10.0 Å². The Labute approximate surface area is 170 Å². The van der Waals surface area contributed by atoms with Crippen molar-refractivity contribution >= 4 is 27.0 Å². The topological polar surface area (TPSA) is 71.1 Å². The normalized spacial score (nSPS) is 12.1. The van der Waals surface area contributed by atoms with Crippen LogP contribution in [0.1, 0.15) is 27.7 Å². The van der Waals surface area contributed by atoms with Crippen molar-refractivity contribution in [2.24, 2.45) is 0 Å². The molecule has 2 N–H and O–H groups in total. The predicted octanol–water partition coefficient (Wildman–Crippen LogP) is 4.79. The van der Waals surface area contributed by atoms with E-state index in [1.807, 2.05) is 63.4 Å². The fourth-order valence-electron chi connectivity index (χ4n) is 2.77. The Morgan fingerprint density at radius 1 is 1.14 bits per heavy atom. The molecule has 0 aliphatic heterocycles. The van der Waals surface area contributed by atoms with Gasteiger partial charge in [-0.05, 0) is 52.0 Å². The van der Waals surface area contributed by atoms with E-state index in [0.717, 1.165) is 27.5 Å². The minimum Gasteiger partial charge on any atom is -0.385 e. The molecule has 1 heterocycles. The van der Waals surface area contributed by atoms with E-state index in [-0.39, 0.29) is 4.90 Å². The first-order valence-corrected chi connectivity index (χ1v) is 11.4. The van der Waals surface area contributed by atoms with Gasteiger partial charge < -0.3 is 5.32 Å². The number of nitrogens with one attached hydrogen (secondary N) is 2. The van der Waals surface area contributed by atoms with Crippen molar-refractivity contribution < 1.29 is 8.42 Å². The minimum absolute atomic E-state index is 0.233. The number of anilines is 1. The lowest BCUT2D eigenvalue weighted by Crippen LogP contribution is -2.40. The van der Waals surface area contributed by atoms with Crippen molar-refractivity contribution in [2.75, 3.05) is 11.9 Å². The van der Waals surface area contributed by atoms with E-state index in [9.17, 15) is 8.42 Å². The number of rotatable bonds is 6. The van der Waals surface area contributed by atoms with Crippen LogP contribution in [0.4, 0.5) is 5.69 Å². The molecule has 0 aliphatic rings. The lowest BCUT2D eigenvalue weighted by molar-refractivity contribution is 0.491. The van der Waals surface area contributed by atoms with Crippen LogP contribution in [0.15, 0.2) is 52.7 Å². The Morgan fingerprint density at radius 2 is 1.86 bits per heavy atom. The summed E-state index contributed by atoms with van der Waals surface area (Å²) >= 11 is 1.56. The zero-order valence-electron chi connectivity index (χ0n) is 16.4. The quantitative estimate of drug-likeness (QED) is 0.609. The second-order valence-electron chi connectivity index (χ2n) is 7.42. The monoisotopic (exact) mass is 414 g/mol. The third kappa shape index (κ3) is 4.79. The van der Waals surface area contributed by atoms with Gasteiger partial charge in [-0.2, -0.15) is 0 Å². The Balaban J connectivity index is 2.00. The van der Waals surface area contributed by atoms with Gasteiger partial charge in [0.25, 0.3) is 0 Å². The van der Waals surface area contributed by atoms with Crippen molar-refractivity contribution in [3.63, 3.8) is 0 Å². The van der Waals surface area contributed by atoms with E-state index < -0.39 is 15.6 Å². The maximum Gasteiger partial charge on any atom is 0.241 e. The van der Waals surface area contributed by atoms with Gasteiger partial charge in [0, 0.05) is 34.3 Å². The van der Waals surface area contributed by atoms with Crippen LogP contribution >= 0.6 is 11.3 Å². The predicted molar refractivity (Wildman–Crippen MR) is 116 cm³/mol. The summed E-state index contributed by atoms with van der Waals surface area (Å²) in [7, 11) is -3.61. The first kappa shape index (κ1) is 20.5. The van der Waals surface area contributed by atoms with Crippen molar-refractivity contribution in [1.29, 1.82) is 0 Å². The van der Waals surface area contributed by atoms with Crippen molar-refractivity contribution in [2.45, 2.75) is 38.1 Å². The molecular weight excluding hydrogens is 390 g/mol. The van der Waals surface area contributed by atoms with Crippen LogP contribution in [0.5, 0.6) is 0 Å². The standard InChI is InChI=1S/C21H24N3O2S2/c1-5-22-18-13-16(28(25,26)24-21(2,3)4)11-12-17(18)19-14-27-20(23-19)15-9-7-6-8-10-15/h7-14,22,24H,5H2,1-4H3. The fraction of sp³-hybridized carbons (Fsp3) is 0.286. The molecule has 147 valence electrons. The molecule has 0 fully saturated rings. The smallest absolute Gasteiger partial charge is 0.241 e. The van der Waals surface area contributed by atoms with Crippen LogP contribution in [0, 0.1) is 6.07 Å². The number of sulfonamides is 1. The van der Waals surface area contributed by atoms with E-state index in [4.69, 9.17) is 4.98 Å². The molecule has 3 aromatic rings. The SMILES string of the molecule is CCNc1cc(S(=O)(=O)NC(C)(C)C)ccc1-c1csc(-c2cc[c]cc2)n1. The van der Waals surface area contributed by atoms with Gasteiger partial charge in [0.1, 0.15) is 5.01 Å². The summed E-state index contributed by atoms with van der Waals surface area (Å²) in [5, 5.41) is 6.17. The van der Waals surface area contributed by atoms with Crippen molar-refractivity contribution in [1.82, 2.24) is 9.71 Å². The third-order valence-electron chi connectivity index (χ3n) is 3.85. The first-order valence-electron chi connectivity index (χ1n) is 9.04. The molecule has 0 saturated carbocycles. The Bertz CT molecular complexity index is 1050. The van der Waals surface area contributed by atoms with Gasteiger partial charge in [-0.3, -0.25) is 0 Å². The Morgan fingerprint density at radius 3 is 2.50 bits per heavy atom. The first-order chi connectivity index (χ1) is 13.2. The van der Waals surface area contributed by atoms with Gasteiger partial charge in [0.2, 0.25) is 10.0 Å². The molecule has 1 radical (unpaired) electrons. The van der Waals surface area contributed by atoms with Crippen molar-refractivity contribution in [3.8, 4) is 21.8 Å².